The number of halogens is 2. The van der Waals surface area contributed by atoms with Crippen LogP contribution in [-0.4, -0.2) is 32.5 Å². The Kier molecular flexibility index (Phi) is 4.06. The standard InChI is InChI=1S/C16H19F2N3O2/c1-21-13-5-4-10(7-12(13)20-14(21)9-22)15(23)19-11-3-2-6-16(17,18)8-11/h4-5,7,11,22H,2-3,6,8-9H2,1H3,(H,19,23). The van der Waals surface area contributed by atoms with Gasteiger partial charge in [0.2, 0.25) is 5.92 Å². The number of benzene rings is 1. The number of imidazole rings is 1. The number of aryl methyl sites for hydroxylation is 1. The van der Waals surface area contributed by atoms with Gasteiger partial charge in [-0.15, -0.1) is 0 Å². The number of aliphatic hydroxyl groups excluding tert-OH is 1. The summed E-state index contributed by atoms with van der Waals surface area (Å²) in [5.41, 5.74) is 1.78. The predicted molar refractivity (Wildman–Crippen MR) is 81.3 cm³/mol. The second kappa shape index (κ2) is 5.88. The Labute approximate surface area is 132 Å². The maximum absolute atomic E-state index is 13.4. The van der Waals surface area contributed by atoms with Gasteiger partial charge in [-0.1, -0.05) is 0 Å². The number of alkyl halides is 2. The molecule has 0 bridgehead atoms. The molecule has 23 heavy (non-hydrogen) atoms. The van der Waals surface area contributed by atoms with Crippen molar-refractivity contribution in [3.8, 4) is 0 Å². The van der Waals surface area contributed by atoms with Crippen LogP contribution in [0.5, 0.6) is 0 Å². The Morgan fingerprint density at radius 2 is 2.30 bits per heavy atom. The second-order valence-corrected chi connectivity index (χ2v) is 6.07. The monoisotopic (exact) mass is 323 g/mol. The van der Waals surface area contributed by atoms with Crippen LogP contribution in [0.25, 0.3) is 11.0 Å². The van der Waals surface area contributed by atoms with E-state index in [1.54, 1.807) is 29.8 Å². The number of aromatic nitrogens is 2. The number of rotatable bonds is 3. The van der Waals surface area contributed by atoms with Gasteiger partial charge in [-0.05, 0) is 31.0 Å². The van der Waals surface area contributed by atoms with Crippen LogP contribution in [0, 0.1) is 0 Å². The number of carbonyl (C=O) groups is 1. The van der Waals surface area contributed by atoms with Crippen molar-refractivity contribution in [2.45, 2.75) is 44.3 Å². The molecule has 0 saturated heterocycles. The van der Waals surface area contributed by atoms with Gasteiger partial charge in [-0.2, -0.15) is 0 Å². The molecule has 124 valence electrons. The molecule has 5 nitrogen and oxygen atoms in total. The summed E-state index contributed by atoms with van der Waals surface area (Å²) in [6, 6.07) is 4.50. The van der Waals surface area contributed by atoms with Gasteiger partial charge in [0.15, 0.2) is 0 Å². The van der Waals surface area contributed by atoms with Gasteiger partial charge < -0.3 is 15.0 Å². The maximum atomic E-state index is 13.4. The van der Waals surface area contributed by atoms with E-state index in [9.17, 15) is 18.7 Å². The van der Waals surface area contributed by atoms with E-state index in [0.717, 1.165) is 5.52 Å². The highest BCUT2D eigenvalue weighted by atomic mass is 19.3. The summed E-state index contributed by atoms with van der Waals surface area (Å²) in [5.74, 6) is -2.56. The molecule has 1 amide bonds. The predicted octanol–water partition coefficient (Wildman–Crippen LogP) is 2.37. The minimum absolute atomic E-state index is 0.108. The fraction of sp³-hybridized carbons (Fsp3) is 0.500. The molecule has 1 saturated carbocycles. The first-order valence-corrected chi connectivity index (χ1v) is 7.64. The first-order valence-electron chi connectivity index (χ1n) is 7.64. The number of amides is 1. The van der Waals surface area contributed by atoms with Crippen molar-refractivity contribution in [1.82, 2.24) is 14.9 Å². The van der Waals surface area contributed by atoms with Crippen molar-refractivity contribution in [2.75, 3.05) is 0 Å². The molecule has 1 heterocycles. The lowest BCUT2D eigenvalue weighted by molar-refractivity contribution is -0.0429. The van der Waals surface area contributed by atoms with Gasteiger partial charge in [-0.3, -0.25) is 4.79 Å². The molecule has 2 N–H and O–H groups in total. The van der Waals surface area contributed by atoms with Crippen LogP contribution in [-0.2, 0) is 13.7 Å². The maximum Gasteiger partial charge on any atom is 0.251 e. The Hall–Kier alpha value is -2.02. The van der Waals surface area contributed by atoms with Gasteiger partial charge in [0.25, 0.3) is 5.91 Å². The van der Waals surface area contributed by atoms with Crippen molar-refractivity contribution in [2.24, 2.45) is 7.05 Å². The zero-order valence-corrected chi connectivity index (χ0v) is 12.9. The van der Waals surface area contributed by atoms with Crippen LogP contribution in [0.1, 0.15) is 41.9 Å². The SMILES string of the molecule is Cn1c(CO)nc2cc(C(=O)NC3CCCC(F)(F)C3)ccc21. The molecule has 0 spiro atoms. The van der Waals surface area contributed by atoms with Crippen LogP contribution in [0.15, 0.2) is 18.2 Å². The van der Waals surface area contributed by atoms with Gasteiger partial charge in [0, 0.05) is 31.5 Å². The van der Waals surface area contributed by atoms with E-state index < -0.39 is 12.0 Å². The van der Waals surface area contributed by atoms with Crippen molar-refractivity contribution < 1.29 is 18.7 Å². The second-order valence-electron chi connectivity index (χ2n) is 6.07. The number of hydrogen-bond acceptors (Lipinski definition) is 3. The average Bonchev–Trinajstić information content (AvgIpc) is 2.82. The van der Waals surface area contributed by atoms with E-state index in [1.165, 1.54) is 0 Å². The summed E-state index contributed by atoms with van der Waals surface area (Å²) in [7, 11) is 1.78. The zero-order valence-electron chi connectivity index (χ0n) is 12.9. The van der Waals surface area contributed by atoms with Gasteiger partial charge in [0.1, 0.15) is 12.4 Å². The highest BCUT2D eigenvalue weighted by Crippen LogP contribution is 2.33. The molecular weight excluding hydrogens is 304 g/mol. The van der Waals surface area contributed by atoms with Gasteiger partial charge in [-0.25, -0.2) is 13.8 Å². The lowest BCUT2D eigenvalue weighted by Crippen LogP contribution is -2.42. The molecular formula is C16H19F2N3O2. The fourth-order valence-corrected chi connectivity index (χ4v) is 3.10. The smallest absolute Gasteiger partial charge is 0.251 e. The first kappa shape index (κ1) is 15.9. The molecule has 1 aromatic heterocycles. The fourth-order valence-electron chi connectivity index (χ4n) is 3.10. The quantitative estimate of drug-likeness (QED) is 0.911. The van der Waals surface area contributed by atoms with E-state index in [2.05, 4.69) is 10.3 Å². The van der Waals surface area contributed by atoms with Crippen LogP contribution in [0.3, 0.4) is 0 Å². The number of carbonyl (C=O) groups excluding carboxylic acids is 1. The van der Waals surface area contributed by atoms with Crippen molar-refractivity contribution >= 4 is 16.9 Å². The summed E-state index contributed by atoms with van der Waals surface area (Å²) in [4.78, 5) is 16.5. The first-order chi connectivity index (χ1) is 10.9. The Bertz CT molecular complexity index is 742. The molecule has 2 aromatic rings. The van der Waals surface area contributed by atoms with Gasteiger partial charge in [0.05, 0.1) is 11.0 Å². The number of aliphatic hydroxyl groups is 1. The topological polar surface area (TPSA) is 67.1 Å². The van der Waals surface area contributed by atoms with Crippen LogP contribution in [0.4, 0.5) is 8.78 Å². The molecule has 1 fully saturated rings. The lowest BCUT2D eigenvalue weighted by atomic mass is 9.92. The van der Waals surface area contributed by atoms with Crippen molar-refractivity contribution in [3.63, 3.8) is 0 Å². The van der Waals surface area contributed by atoms with Crippen LogP contribution < -0.4 is 5.32 Å². The van der Waals surface area contributed by atoms with Gasteiger partial charge >= 0.3 is 0 Å². The molecule has 3 rings (SSSR count). The van der Waals surface area contributed by atoms with Crippen LogP contribution >= 0.6 is 0 Å². The number of nitrogens with zero attached hydrogens (tertiary/aromatic N) is 2. The largest absolute Gasteiger partial charge is 0.388 e. The molecule has 1 aromatic carbocycles. The third kappa shape index (κ3) is 3.19. The number of hydrogen-bond donors (Lipinski definition) is 2. The normalized spacial score (nSPS) is 20.6. The highest BCUT2D eigenvalue weighted by molar-refractivity contribution is 5.97. The minimum atomic E-state index is -2.70. The molecule has 1 atom stereocenters. The van der Waals surface area contributed by atoms with E-state index in [4.69, 9.17) is 0 Å². The summed E-state index contributed by atoms with van der Waals surface area (Å²) in [5, 5.41) is 11.9. The Balaban J connectivity index is 1.78. The molecule has 1 aliphatic rings. The molecule has 7 heteroatoms. The Morgan fingerprint density at radius 1 is 1.52 bits per heavy atom. The summed E-state index contributed by atoms with van der Waals surface area (Å²) >= 11 is 0. The van der Waals surface area contributed by atoms with E-state index in [0.29, 0.717) is 29.7 Å². The Morgan fingerprint density at radius 3 is 3.00 bits per heavy atom. The van der Waals surface area contributed by atoms with E-state index >= 15 is 0 Å². The summed E-state index contributed by atoms with van der Waals surface area (Å²) < 4.78 is 28.6. The molecule has 1 aliphatic carbocycles. The molecule has 1 unspecified atom stereocenters. The third-order valence-electron chi connectivity index (χ3n) is 4.35. The third-order valence-corrected chi connectivity index (χ3v) is 4.35. The van der Waals surface area contributed by atoms with Crippen molar-refractivity contribution in [3.05, 3.63) is 29.6 Å². The van der Waals surface area contributed by atoms with Crippen molar-refractivity contribution in [1.29, 1.82) is 0 Å². The summed E-state index contributed by atoms with van der Waals surface area (Å²) in [6.07, 6.45) is 0.571. The van der Waals surface area contributed by atoms with E-state index in [1.807, 2.05) is 0 Å². The molecule has 0 aliphatic heterocycles. The lowest BCUT2D eigenvalue weighted by Gasteiger charge is -2.29. The molecule has 0 radical (unpaired) electrons. The minimum Gasteiger partial charge on any atom is -0.388 e. The highest BCUT2D eigenvalue weighted by Gasteiger charge is 2.36. The summed E-state index contributed by atoms with van der Waals surface area (Å²) in [6.45, 7) is -0.191. The number of fused-ring (bicyclic) bond motifs is 1. The average molecular weight is 323 g/mol. The van der Waals surface area contributed by atoms with E-state index in [-0.39, 0.29) is 25.4 Å². The number of nitrogens with one attached hydrogen (secondary N) is 1. The zero-order chi connectivity index (χ0) is 16.6. The van der Waals surface area contributed by atoms with Crippen LogP contribution in [0.2, 0.25) is 0 Å².